The molecule has 4 nitrogen and oxygen atoms in total. The maximum atomic E-state index is 12.2. The van der Waals surface area contributed by atoms with Crippen LogP contribution in [-0.4, -0.2) is 34.6 Å². The molecule has 0 radical (unpaired) electrons. The fourth-order valence-corrected chi connectivity index (χ4v) is 5.48. The van der Waals surface area contributed by atoms with E-state index in [-0.39, 0.29) is 5.91 Å². The SMILES string of the molecule is Cc1nc(CSCC(=O)NCc2ccccc2CN2C[C@H](C)C[C@H](C)C2)cs1. The summed E-state index contributed by atoms with van der Waals surface area (Å²) in [5, 5.41) is 6.24. The smallest absolute Gasteiger partial charge is 0.230 e. The van der Waals surface area contributed by atoms with Gasteiger partial charge in [-0.05, 0) is 36.3 Å². The number of amides is 1. The number of carbonyl (C=O) groups excluding carboxylic acids is 1. The zero-order valence-corrected chi connectivity index (χ0v) is 18.7. The van der Waals surface area contributed by atoms with E-state index in [0.717, 1.165) is 47.9 Å². The molecule has 1 fully saturated rings. The summed E-state index contributed by atoms with van der Waals surface area (Å²) in [5.74, 6) is 2.87. The number of likely N-dealkylation sites (tertiary alicyclic amines) is 1. The van der Waals surface area contributed by atoms with Gasteiger partial charge in [0.05, 0.1) is 16.5 Å². The Morgan fingerprint density at radius 3 is 2.64 bits per heavy atom. The molecular formula is C22H31N3OS2. The van der Waals surface area contributed by atoms with Crippen LogP contribution in [0.5, 0.6) is 0 Å². The summed E-state index contributed by atoms with van der Waals surface area (Å²) < 4.78 is 0. The van der Waals surface area contributed by atoms with Gasteiger partial charge in [-0.3, -0.25) is 9.69 Å². The minimum atomic E-state index is 0.0898. The summed E-state index contributed by atoms with van der Waals surface area (Å²) in [7, 11) is 0. The minimum absolute atomic E-state index is 0.0898. The first kappa shape index (κ1) is 21.3. The van der Waals surface area contributed by atoms with E-state index in [1.807, 2.05) is 6.92 Å². The topological polar surface area (TPSA) is 45.2 Å². The summed E-state index contributed by atoms with van der Waals surface area (Å²) in [6.45, 7) is 10.6. The van der Waals surface area contributed by atoms with Gasteiger partial charge in [0.2, 0.25) is 5.91 Å². The summed E-state index contributed by atoms with van der Waals surface area (Å²) in [6.07, 6.45) is 1.33. The van der Waals surface area contributed by atoms with Crippen LogP contribution in [0.4, 0.5) is 0 Å². The molecule has 28 heavy (non-hydrogen) atoms. The van der Waals surface area contributed by atoms with Crippen molar-refractivity contribution in [1.82, 2.24) is 15.2 Å². The first-order chi connectivity index (χ1) is 13.5. The molecule has 0 bridgehead atoms. The van der Waals surface area contributed by atoms with Crippen molar-refractivity contribution in [2.24, 2.45) is 11.8 Å². The van der Waals surface area contributed by atoms with Crippen LogP contribution in [0, 0.1) is 18.8 Å². The Labute approximate surface area is 177 Å². The first-order valence-electron chi connectivity index (χ1n) is 10.0. The molecule has 2 atom stereocenters. The highest BCUT2D eigenvalue weighted by molar-refractivity contribution is 7.99. The second kappa shape index (κ2) is 10.4. The Balaban J connectivity index is 1.47. The monoisotopic (exact) mass is 417 g/mol. The van der Waals surface area contributed by atoms with Crippen LogP contribution in [0.15, 0.2) is 29.6 Å². The van der Waals surface area contributed by atoms with E-state index in [9.17, 15) is 4.79 Å². The third kappa shape index (κ3) is 6.61. The van der Waals surface area contributed by atoms with Gasteiger partial charge in [0, 0.05) is 37.3 Å². The van der Waals surface area contributed by atoms with E-state index in [2.05, 4.69) is 58.7 Å². The number of aryl methyl sites for hydroxylation is 1. The van der Waals surface area contributed by atoms with Crippen molar-refractivity contribution >= 4 is 29.0 Å². The Morgan fingerprint density at radius 2 is 1.96 bits per heavy atom. The average molecular weight is 418 g/mol. The normalized spacial score (nSPS) is 20.2. The lowest BCUT2D eigenvalue weighted by atomic mass is 9.91. The second-order valence-corrected chi connectivity index (χ2v) is 10.1. The van der Waals surface area contributed by atoms with Gasteiger partial charge in [0.1, 0.15) is 0 Å². The van der Waals surface area contributed by atoms with Crippen LogP contribution >= 0.6 is 23.1 Å². The molecule has 0 unspecified atom stereocenters. The van der Waals surface area contributed by atoms with Crippen molar-refractivity contribution in [2.45, 2.75) is 46.0 Å². The zero-order chi connectivity index (χ0) is 19.9. The molecule has 3 rings (SSSR count). The number of hydrogen-bond donors (Lipinski definition) is 1. The summed E-state index contributed by atoms with van der Waals surface area (Å²) in [6, 6.07) is 8.50. The van der Waals surface area contributed by atoms with Crippen molar-refractivity contribution in [2.75, 3.05) is 18.8 Å². The number of thioether (sulfide) groups is 1. The molecule has 1 saturated heterocycles. The lowest BCUT2D eigenvalue weighted by Gasteiger charge is -2.35. The highest BCUT2D eigenvalue weighted by Crippen LogP contribution is 2.23. The number of thiazole rings is 1. The molecular weight excluding hydrogens is 386 g/mol. The van der Waals surface area contributed by atoms with E-state index < -0.39 is 0 Å². The van der Waals surface area contributed by atoms with E-state index in [1.54, 1.807) is 23.1 Å². The van der Waals surface area contributed by atoms with Gasteiger partial charge in [0.25, 0.3) is 0 Å². The maximum absolute atomic E-state index is 12.2. The molecule has 1 aromatic carbocycles. The van der Waals surface area contributed by atoms with Crippen molar-refractivity contribution in [3.8, 4) is 0 Å². The average Bonchev–Trinajstić information content (AvgIpc) is 3.05. The Hall–Kier alpha value is -1.37. The second-order valence-electron chi connectivity index (χ2n) is 8.04. The van der Waals surface area contributed by atoms with Crippen LogP contribution in [0.2, 0.25) is 0 Å². The van der Waals surface area contributed by atoms with Crippen molar-refractivity contribution < 1.29 is 4.79 Å². The standard InChI is InChI=1S/C22H31N3OS2/c1-16-8-17(2)11-25(10-16)12-20-7-5-4-6-19(20)9-23-22(26)15-27-13-21-14-28-18(3)24-21/h4-7,14,16-17H,8-13,15H2,1-3H3,(H,23,26)/t16-,17+. The molecule has 1 aliphatic heterocycles. The van der Waals surface area contributed by atoms with E-state index >= 15 is 0 Å². The molecule has 0 aliphatic carbocycles. The molecule has 2 aromatic rings. The Bertz CT molecular complexity index is 767. The number of piperidine rings is 1. The first-order valence-corrected chi connectivity index (χ1v) is 12.1. The highest BCUT2D eigenvalue weighted by atomic mass is 32.2. The van der Waals surface area contributed by atoms with Gasteiger partial charge >= 0.3 is 0 Å². The fraction of sp³-hybridized carbons (Fsp3) is 0.545. The van der Waals surface area contributed by atoms with E-state index in [1.165, 1.54) is 17.5 Å². The van der Waals surface area contributed by atoms with E-state index in [4.69, 9.17) is 0 Å². The molecule has 2 heterocycles. The molecule has 1 amide bonds. The van der Waals surface area contributed by atoms with Crippen molar-refractivity contribution in [3.63, 3.8) is 0 Å². The minimum Gasteiger partial charge on any atom is -0.351 e. The quantitative estimate of drug-likeness (QED) is 0.688. The zero-order valence-electron chi connectivity index (χ0n) is 17.1. The molecule has 1 aliphatic rings. The lowest BCUT2D eigenvalue weighted by Crippen LogP contribution is -2.38. The van der Waals surface area contributed by atoms with Crippen LogP contribution in [0.3, 0.4) is 0 Å². The summed E-state index contributed by atoms with van der Waals surface area (Å²) in [4.78, 5) is 19.2. The third-order valence-corrected chi connectivity index (χ3v) is 6.87. The maximum Gasteiger partial charge on any atom is 0.230 e. The molecule has 0 saturated carbocycles. The fourth-order valence-electron chi connectivity index (χ4n) is 4.01. The van der Waals surface area contributed by atoms with Crippen LogP contribution in [0.1, 0.15) is 42.1 Å². The van der Waals surface area contributed by atoms with Crippen molar-refractivity contribution in [1.29, 1.82) is 0 Å². The third-order valence-electron chi connectivity index (χ3n) is 5.08. The number of rotatable bonds is 8. The Kier molecular flexibility index (Phi) is 7.94. The predicted octanol–water partition coefficient (Wildman–Crippen LogP) is 4.48. The number of nitrogens with zero attached hydrogens (tertiary/aromatic N) is 2. The Morgan fingerprint density at radius 1 is 1.25 bits per heavy atom. The van der Waals surface area contributed by atoms with Gasteiger partial charge in [-0.15, -0.1) is 23.1 Å². The van der Waals surface area contributed by atoms with Gasteiger partial charge in [0.15, 0.2) is 0 Å². The van der Waals surface area contributed by atoms with Crippen LogP contribution in [0.25, 0.3) is 0 Å². The number of benzene rings is 1. The molecule has 0 spiro atoms. The highest BCUT2D eigenvalue weighted by Gasteiger charge is 2.22. The number of nitrogens with one attached hydrogen (secondary N) is 1. The molecule has 1 N–H and O–H groups in total. The van der Waals surface area contributed by atoms with Gasteiger partial charge in [-0.25, -0.2) is 4.98 Å². The summed E-state index contributed by atoms with van der Waals surface area (Å²) >= 11 is 3.28. The van der Waals surface area contributed by atoms with Crippen molar-refractivity contribution in [3.05, 3.63) is 51.5 Å². The number of aromatic nitrogens is 1. The molecule has 6 heteroatoms. The van der Waals surface area contributed by atoms with E-state index in [0.29, 0.717) is 12.3 Å². The number of hydrogen-bond acceptors (Lipinski definition) is 5. The van der Waals surface area contributed by atoms with Gasteiger partial charge in [-0.2, -0.15) is 0 Å². The lowest BCUT2D eigenvalue weighted by molar-refractivity contribution is -0.118. The summed E-state index contributed by atoms with van der Waals surface area (Å²) in [5.41, 5.74) is 3.62. The molecule has 1 aromatic heterocycles. The predicted molar refractivity (Wildman–Crippen MR) is 120 cm³/mol. The van der Waals surface area contributed by atoms with Crippen LogP contribution < -0.4 is 5.32 Å². The van der Waals surface area contributed by atoms with Gasteiger partial charge in [-0.1, -0.05) is 38.1 Å². The van der Waals surface area contributed by atoms with Crippen LogP contribution in [-0.2, 0) is 23.6 Å². The number of carbonyl (C=O) groups is 1. The van der Waals surface area contributed by atoms with Gasteiger partial charge < -0.3 is 5.32 Å². The largest absolute Gasteiger partial charge is 0.351 e. The molecule has 152 valence electrons.